The van der Waals surface area contributed by atoms with Crippen LogP contribution < -0.4 is 10.6 Å². The number of anilines is 1. The zero-order chi connectivity index (χ0) is 14.1. The summed E-state index contributed by atoms with van der Waals surface area (Å²) in [6, 6.07) is 2.01. The van der Waals surface area contributed by atoms with Crippen LogP contribution in [0.3, 0.4) is 0 Å². The number of rotatable bonds is 5. The summed E-state index contributed by atoms with van der Waals surface area (Å²) in [6.45, 7) is 3.38. The number of nitrogens with two attached hydrogens (primary N) is 1. The summed E-state index contributed by atoms with van der Waals surface area (Å²) in [7, 11) is 2.05. The van der Waals surface area contributed by atoms with Gasteiger partial charge in [-0.15, -0.1) is 11.3 Å². The molecule has 0 aromatic carbocycles. The summed E-state index contributed by atoms with van der Waals surface area (Å²) in [5.74, 6) is 1.96. The van der Waals surface area contributed by atoms with E-state index in [1.165, 1.54) is 11.3 Å². The standard InChI is InChI=1S/C14H18N4OS/c1-10-11(4-7-19-10)9-17(2)13-12(3-5-15)18-6-8-20-14(18)16-13/h4,6-8H,3,5,9,15H2,1-2H3. The molecule has 0 radical (unpaired) electrons. The number of aryl methyl sites for hydroxylation is 1. The summed E-state index contributed by atoms with van der Waals surface area (Å²) in [5.41, 5.74) is 8.09. The van der Waals surface area contributed by atoms with Gasteiger partial charge < -0.3 is 15.1 Å². The Balaban J connectivity index is 1.94. The second-order valence-electron chi connectivity index (χ2n) is 4.83. The summed E-state index contributed by atoms with van der Waals surface area (Å²) in [5, 5.41) is 2.05. The van der Waals surface area contributed by atoms with E-state index in [1.807, 2.05) is 18.4 Å². The third-order valence-electron chi connectivity index (χ3n) is 3.46. The predicted molar refractivity (Wildman–Crippen MR) is 81.4 cm³/mol. The molecule has 20 heavy (non-hydrogen) atoms. The molecule has 3 rings (SSSR count). The van der Waals surface area contributed by atoms with Gasteiger partial charge in [-0.3, -0.25) is 4.40 Å². The number of hydrogen-bond acceptors (Lipinski definition) is 5. The van der Waals surface area contributed by atoms with E-state index in [2.05, 4.69) is 22.5 Å². The van der Waals surface area contributed by atoms with Crippen LogP contribution in [0.25, 0.3) is 4.96 Å². The summed E-state index contributed by atoms with van der Waals surface area (Å²) in [4.78, 5) is 7.89. The maximum absolute atomic E-state index is 5.74. The fourth-order valence-electron chi connectivity index (χ4n) is 2.40. The van der Waals surface area contributed by atoms with Crippen LogP contribution in [-0.2, 0) is 13.0 Å². The first kappa shape index (κ1) is 13.2. The first-order valence-corrected chi connectivity index (χ1v) is 7.47. The van der Waals surface area contributed by atoms with Crippen molar-refractivity contribution in [3.05, 3.63) is 40.9 Å². The number of imidazole rings is 1. The maximum atomic E-state index is 5.74. The van der Waals surface area contributed by atoms with Crippen LogP contribution in [0.1, 0.15) is 17.0 Å². The van der Waals surface area contributed by atoms with E-state index in [4.69, 9.17) is 15.1 Å². The van der Waals surface area contributed by atoms with Crippen molar-refractivity contribution in [2.75, 3.05) is 18.5 Å². The number of thiazole rings is 1. The Morgan fingerprint density at radius 1 is 1.50 bits per heavy atom. The van der Waals surface area contributed by atoms with Crippen molar-refractivity contribution < 1.29 is 4.42 Å². The lowest BCUT2D eigenvalue weighted by molar-refractivity contribution is 0.529. The second-order valence-corrected chi connectivity index (χ2v) is 5.71. The van der Waals surface area contributed by atoms with Gasteiger partial charge in [-0.1, -0.05) is 0 Å². The number of fused-ring (bicyclic) bond motifs is 1. The molecule has 0 fully saturated rings. The highest BCUT2D eigenvalue weighted by Gasteiger charge is 2.17. The molecule has 0 bridgehead atoms. The Hall–Kier alpha value is -1.79. The normalized spacial score (nSPS) is 11.3. The average molecular weight is 290 g/mol. The van der Waals surface area contributed by atoms with Crippen molar-refractivity contribution in [1.82, 2.24) is 9.38 Å². The van der Waals surface area contributed by atoms with E-state index < -0.39 is 0 Å². The van der Waals surface area contributed by atoms with Gasteiger partial charge in [-0.25, -0.2) is 4.98 Å². The molecule has 0 spiro atoms. The lowest BCUT2D eigenvalue weighted by Crippen LogP contribution is -2.19. The molecular weight excluding hydrogens is 272 g/mol. The minimum atomic E-state index is 0.620. The van der Waals surface area contributed by atoms with Gasteiger partial charge in [0.15, 0.2) is 10.8 Å². The Kier molecular flexibility index (Phi) is 3.50. The highest BCUT2D eigenvalue weighted by molar-refractivity contribution is 7.15. The lowest BCUT2D eigenvalue weighted by Gasteiger charge is -2.18. The second kappa shape index (κ2) is 5.30. The molecular formula is C14H18N4OS. The first-order chi connectivity index (χ1) is 9.70. The van der Waals surface area contributed by atoms with Gasteiger partial charge in [-0.05, 0) is 19.5 Å². The minimum absolute atomic E-state index is 0.620. The largest absolute Gasteiger partial charge is 0.469 e. The van der Waals surface area contributed by atoms with Crippen molar-refractivity contribution in [3.8, 4) is 0 Å². The van der Waals surface area contributed by atoms with Crippen molar-refractivity contribution >= 4 is 22.1 Å². The minimum Gasteiger partial charge on any atom is -0.469 e. The smallest absolute Gasteiger partial charge is 0.195 e. The van der Waals surface area contributed by atoms with Crippen LogP contribution in [0, 0.1) is 6.92 Å². The molecule has 6 heteroatoms. The molecule has 0 saturated heterocycles. The number of aromatic nitrogens is 2. The molecule has 0 aliphatic heterocycles. The SMILES string of the molecule is Cc1occc1CN(C)c1nc2sccn2c1CCN. The highest BCUT2D eigenvalue weighted by atomic mass is 32.1. The van der Waals surface area contributed by atoms with Crippen LogP contribution in [0.2, 0.25) is 0 Å². The molecule has 0 saturated carbocycles. The van der Waals surface area contributed by atoms with Crippen LogP contribution in [-0.4, -0.2) is 23.0 Å². The Bertz CT molecular complexity index is 712. The number of nitrogens with zero attached hydrogens (tertiary/aromatic N) is 3. The summed E-state index contributed by atoms with van der Waals surface area (Å²) < 4.78 is 7.48. The molecule has 3 aromatic heterocycles. The van der Waals surface area contributed by atoms with E-state index in [0.717, 1.165) is 29.5 Å². The van der Waals surface area contributed by atoms with Gasteiger partial charge in [-0.2, -0.15) is 0 Å². The topological polar surface area (TPSA) is 59.7 Å². The van der Waals surface area contributed by atoms with Gasteiger partial charge in [0.05, 0.1) is 12.0 Å². The Morgan fingerprint density at radius 2 is 2.35 bits per heavy atom. The third-order valence-corrected chi connectivity index (χ3v) is 4.21. The molecule has 0 amide bonds. The van der Waals surface area contributed by atoms with E-state index in [1.54, 1.807) is 17.6 Å². The molecule has 0 atom stereocenters. The van der Waals surface area contributed by atoms with E-state index in [0.29, 0.717) is 6.54 Å². The monoisotopic (exact) mass is 290 g/mol. The van der Waals surface area contributed by atoms with Crippen molar-refractivity contribution in [3.63, 3.8) is 0 Å². The van der Waals surface area contributed by atoms with E-state index in [-0.39, 0.29) is 0 Å². The van der Waals surface area contributed by atoms with Crippen LogP contribution in [0.15, 0.2) is 28.3 Å². The van der Waals surface area contributed by atoms with Gasteiger partial charge in [0.25, 0.3) is 0 Å². The van der Waals surface area contributed by atoms with Crippen LogP contribution in [0.4, 0.5) is 5.82 Å². The lowest BCUT2D eigenvalue weighted by atomic mass is 10.2. The zero-order valence-electron chi connectivity index (χ0n) is 11.7. The van der Waals surface area contributed by atoms with Crippen LogP contribution in [0.5, 0.6) is 0 Å². The molecule has 3 aromatic rings. The van der Waals surface area contributed by atoms with Gasteiger partial charge in [0.1, 0.15) is 5.76 Å². The van der Waals surface area contributed by atoms with Crippen molar-refractivity contribution in [2.24, 2.45) is 5.73 Å². The molecule has 3 heterocycles. The Morgan fingerprint density at radius 3 is 3.05 bits per heavy atom. The third kappa shape index (κ3) is 2.21. The van der Waals surface area contributed by atoms with E-state index >= 15 is 0 Å². The Labute approximate surface area is 121 Å². The van der Waals surface area contributed by atoms with Crippen molar-refractivity contribution in [1.29, 1.82) is 0 Å². The summed E-state index contributed by atoms with van der Waals surface area (Å²) >= 11 is 1.64. The average Bonchev–Trinajstić information content (AvgIpc) is 3.09. The van der Waals surface area contributed by atoms with Crippen LogP contribution >= 0.6 is 11.3 Å². The quantitative estimate of drug-likeness (QED) is 0.784. The van der Waals surface area contributed by atoms with E-state index in [9.17, 15) is 0 Å². The predicted octanol–water partition coefficient (Wildman–Crippen LogP) is 2.43. The van der Waals surface area contributed by atoms with Crippen molar-refractivity contribution in [2.45, 2.75) is 19.9 Å². The number of furan rings is 1. The molecule has 2 N–H and O–H groups in total. The van der Waals surface area contributed by atoms with Gasteiger partial charge in [0.2, 0.25) is 0 Å². The highest BCUT2D eigenvalue weighted by Crippen LogP contribution is 2.26. The molecule has 5 nitrogen and oxygen atoms in total. The molecule has 0 unspecified atom stereocenters. The molecule has 0 aliphatic rings. The first-order valence-electron chi connectivity index (χ1n) is 6.59. The van der Waals surface area contributed by atoms with Gasteiger partial charge in [0, 0.05) is 37.2 Å². The molecule has 106 valence electrons. The fraction of sp³-hybridized carbons (Fsp3) is 0.357. The maximum Gasteiger partial charge on any atom is 0.195 e. The fourth-order valence-corrected chi connectivity index (χ4v) is 3.13. The zero-order valence-corrected chi connectivity index (χ0v) is 12.5. The molecule has 0 aliphatic carbocycles. The summed E-state index contributed by atoms with van der Waals surface area (Å²) in [6.07, 6.45) is 4.60. The number of hydrogen-bond donors (Lipinski definition) is 1. The van der Waals surface area contributed by atoms with Gasteiger partial charge >= 0.3 is 0 Å².